The summed E-state index contributed by atoms with van der Waals surface area (Å²) in [4.78, 5) is 0. The van der Waals surface area contributed by atoms with E-state index in [9.17, 15) is 8.78 Å². The molecular weight excluding hydrogens is 334 g/mol. The van der Waals surface area contributed by atoms with Crippen molar-refractivity contribution in [1.29, 1.82) is 0 Å². The highest BCUT2D eigenvalue weighted by Gasteiger charge is 2.27. The van der Waals surface area contributed by atoms with E-state index in [0.717, 1.165) is 30.2 Å². The molecule has 2 nitrogen and oxygen atoms in total. The van der Waals surface area contributed by atoms with Crippen LogP contribution in [0, 0.1) is 29.4 Å². The lowest BCUT2D eigenvalue weighted by Gasteiger charge is -2.21. The van der Waals surface area contributed by atoms with Gasteiger partial charge in [-0.2, -0.15) is 0 Å². The third-order valence-corrected chi connectivity index (χ3v) is 4.94. The summed E-state index contributed by atoms with van der Waals surface area (Å²) in [6.45, 7) is 0. The molecule has 0 spiro atoms. The van der Waals surface area contributed by atoms with Crippen molar-refractivity contribution in [1.82, 2.24) is 0 Å². The van der Waals surface area contributed by atoms with Crippen LogP contribution in [-0.4, -0.2) is 14.2 Å². The molecule has 4 heteroatoms. The van der Waals surface area contributed by atoms with Gasteiger partial charge in [0.05, 0.1) is 25.7 Å². The minimum absolute atomic E-state index is 0.0668. The average molecular weight is 356 g/mol. The molecule has 0 heterocycles. The molecule has 0 aliphatic heterocycles. The predicted octanol–water partition coefficient (Wildman–Crippen LogP) is 5.31. The molecule has 0 radical (unpaired) electrons. The number of hydrogen-bond donors (Lipinski definition) is 0. The van der Waals surface area contributed by atoms with Crippen molar-refractivity contribution in [3.8, 4) is 23.3 Å². The van der Waals surface area contributed by atoms with Gasteiger partial charge in [0.15, 0.2) is 0 Å². The van der Waals surface area contributed by atoms with Gasteiger partial charge < -0.3 is 9.47 Å². The van der Waals surface area contributed by atoms with E-state index in [2.05, 4.69) is 11.8 Å². The summed E-state index contributed by atoms with van der Waals surface area (Å²) < 4.78 is 37.9. The molecule has 1 aliphatic carbocycles. The van der Waals surface area contributed by atoms with Gasteiger partial charge in [-0.3, -0.25) is 0 Å². The normalized spacial score (nSPS) is 15.2. The lowest BCUT2D eigenvalue weighted by Crippen LogP contribution is -2.10. The fraction of sp³-hybridized carbons (Fsp3) is 0.364. The topological polar surface area (TPSA) is 18.5 Å². The van der Waals surface area contributed by atoms with E-state index in [1.54, 1.807) is 14.2 Å². The van der Waals surface area contributed by atoms with Gasteiger partial charge in [-0.15, -0.1) is 0 Å². The fourth-order valence-corrected chi connectivity index (χ4v) is 3.56. The molecule has 3 rings (SSSR count). The molecule has 0 bridgehead atoms. The zero-order valence-corrected chi connectivity index (χ0v) is 15.0. The summed E-state index contributed by atoms with van der Waals surface area (Å²) >= 11 is 0. The smallest absolute Gasteiger partial charge is 0.141 e. The second kappa shape index (κ2) is 8.23. The molecule has 2 aromatic carbocycles. The molecule has 1 aliphatic rings. The van der Waals surface area contributed by atoms with E-state index in [4.69, 9.17) is 9.47 Å². The largest absolute Gasteiger partial charge is 0.497 e. The molecule has 0 aromatic heterocycles. The van der Waals surface area contributed by atoms with Crippen LogP contribution in [0.4, 0.5) is 8.78 Å². The van der Waals surface area contributed by atoms with Crippen LogP contribution in [0.2, 0.25) is 0 Å². The van der Waals surface area contributed by atoms with E-state index in [0.29, 0.717) is 11.7 Å². The van der Waals surface area contributed by atoms with Crippen LogP contribution in [0.25, 0.3) is 0 Å². The van der Waals surface area contributed by atoms with Gasteiger partial charge in [0.1, 0.15) is 23.1 Å². The first-order chi connectivity index (χ1) is 12.6. The van der Waals surface area contributed by atoms with Crippen molar-refractivity contribution in [3.63, 3.8) is 0 Å². The average Bonchev–Trinajstić information content (AvgIpc) is 3.18. The van der Waals surface area contributed by atoms with Crippen LogP contribution in [0.3, 0.4) is 0 Å². The van der Waals surface area contributed by atoms with Crippen molar-refractivity contribution in [2.75, 3.05) is 14.2 Å². The number of methoxy groups -OCH3 is 2. The molecule has 1 unspecified atom stereocenters. The van der Waals surface area contributed by atoms with Crippen LogP contribution in [0.1, 0.15) is 42.7 Å². The maximum Gasteiger partial charge on any atom is 0.141 e. The standard InChI is InChI=1S/C22H22F2O2/c1-25-18-10-12-20(22(14-18)26-2)19(15-5-3-4-6-15)11-8-16-7-9-17(23)13-21(16)24/h7,9-10,12-15,19H,3-6H2,1-2H3. The highest BCUT2D eigenvalue weighted by atomic mass is 19.1. The minimum atomic E-state index is -0.635. The van der Waals surface area contributed by atoms with Gasteiger partial charge in [-0.25, -0.2) is 8.78 Å². The number of benzene rings is 2. The number of halogens is 2. The van der Waals surface area contributed by atoms with Gasteiger partial charge in [-0.05, 0) is 37.0 Å². The first-order valence-corrected chi connectivity index (χ1v) is 8.81. The maximum absolute atomic E-state index is 13.9. The van der Waals surface area contributed by atoms with Gasteiger partial charge in [-0.1, -0.05) is 30.7 Å². The molecule has 1 atom stereocenters. The Bertz CT molecular complexity index is 830. The van der Waals surface area contributed by atoms with Crippen LogP contribution >= 0.6 is 0 Å². The minimum Gasteiger partial charge on any atom is -0.497 e. The first kappa shape index (κ1) is 18.3. The summed E-state index contributed by atoms with van der Waals surface area (Å²) in [5.41, 5.74) is 1.19. The van der Waals surface area contributed by atoms with Crippen LogP contribution in [0.5, 0.6) is 11.5 Å². The van der Waals surface area contributed by atoms with E-state index in [1.165, 1.54) is 25.0 Å². The Balaban J connectivity index is 2.00. The van der Waals surface area contributed by atoms with Crippen LogP contribution in [0.15, 0.2) is 36.4 Å². The number of ether oxygens (including phenoxy) is 2. The molecule has 1 fully saturated rings. The second-order valence-corrected chi connectivity index (χ2v) is 6.52. The highest BCUT2D eigenvalue weighted by molar-refractivity contribution is 5.47. The summed E-state index contributed by atoms with van der Waals surface area (Å²) in [6.07, 6.45) is 4.51. The molecule has 0 amide bonds. The summed E-state index contributed by atoms with van der Waals surface area (Å²) in [5, 5.41) is 0. The third kappa shape index (κ3) is 3.99. The molecule has 0 N–H and O–H groups in total. The Morgan fingerprint density at radius 2 is 1.77 bits per heavy atom. The molecular formula is C22H22F2O2. The lowest BCUT2D eigenvalue weighted by atomic mass is 9.84. The Labute approximate surface area is 153 Å². The van der Waals surface area contributed by atoms with Crippen molar-refractivity contribution in [2.45, 2.75) is 31.6 Å². The Morgan fingerprint density at radius 3 is 2.42 bits per heavy atom. The summed E-state index contributed by atoms with van der Waals surface area (Å²) in [5.74, 6) is 6.68. The van der Waals surface area contributed by atoms with Gasteiger partial charge in [0.25, 0.3) is 0 Å². The maximum atomic E-state index is 13.9. The molecule has 136 valence electrons. The molecule has 26 heavy (non-hydrogen) atoms. The first-order valence-electron chi connectivity index (χ1n) is 8.81. The van der Waals surface area contributed by atoms with E-state index in [-0.39, 0.29) is 11.5 Å². The Hall–Kier alpha value is -2.54. The number of hydrogen-bond acceptors (Lipinski definition) is 2. The zero-order chi connectivity index (χ0) is 18.5. The van der Waals surface area contributed by atoms with Crippen LogP contribution in [-0.2, 0) is 0 Å². The number of rotatable bonds is 4. The molecule has 0 saturated heterocycles. The summed E-state index contributed by atoms with van der Waals surface area (Å²) in [6, 6.07) is 9.18. The third-order valence-electron chi connectivity index (χ3n) is 4.94. The lowest BCUT2D eigenvalue weighted by molar-refractivity contribution is 0.384. The SMILES string of the molecule is COc1ccc(C(C#Cc2ccc(F)cc2F)C2CCCC2)c(OC)c1. The Morgan fingerprint density at radius 1 is 1.00 bits per heavy atom. The van der Waals surface area contributed by atoms with E-state index >= 15 is 0 Å². The van der Waals surface area contributed by atoms with Gasteiger partial charge >= 0.3 is 0 Å². The second-order valence-electron chi connectivity index (χ2n) is 6.52. The predicted molar refractivity (Wildman–Crippen MR) is 97.5 cm³/mol. The fourth-order valence-electron chi connectivity index (χ4n) is 3.56. The van der Waals surface area contributed by atoms with Crippen molar-refractivity contribution in [2.24, 2.45) is 5.92 Å². The van der Waals surface area contributed by atoms with E-state index < -0.39 is 11.6 Å². The monoisotopic (exact) mass is 356 g/mol. The zero-order valence-electron chi connectivity index (χ0n) is 15.0. The molecule has 1 saturated carbocycles. The van der Waals surface area contributed by atoms with Crippen molar-refractivity contribution in [3.05, 3.63) is 59.2 Å². The van der Waals surface area contributed by atoms with Crippen molar-refractivity contribution < 1.29 is 18.3 Å². The van der Waals surface area contributed by atoms with Gasteiger partial charge in [0, 0.05) is 17.7 Å². The van der Waals surface area contributed by atoms with Gasteiger partial charge in [0.2, 0.25) is 0 Å². The molecule has 2 aromatic rings. The Kier molecular flexibility index (Phi) is 5.78. The van der Waals surface area contributed by atoms with Crippen molar-refractivity contribution >= 4 is 0 Å². The summed E-state index contributed by atoms with van der Waals surface area (Å²) in [7, 11) is 3.23. The highest BCUT2D eigenvalue weighted by Crippen LogP contribution is 2.41. The van der Waals surface area contributed by atoms with Crippen LogP contribution < -0.4 is 9.47 Å². The van der Waals surface area contributed by atoms with E-state index in [1.807, 2.05) is 18.2 Å². The quantitative estimate of drug-likeness (QED) is 0.692.